The van der Waals surface area contributed by atoms with Crippen LogP contribution in [0.4, 0.5) is 5.69 Å². The molecule has 0 unspecified atom stereocenters. The average Bonchev–Trinajstić information content (AvgIpc) is 2.75. The maximum absolute atomic E-state index is 13.0. The highest BCUT2D eigenvalue weighted by Gasteiger charge is 2.20. The lowest BCUT2D eigenvalue weighted by atomic mass is 10.1. The summed E-state index contributed by atoms with van der Waals surface area (Å²) in [5, 5.41) is 3.52. The predicted molar refractivity (Wildman–Crippen MR) is 122 cm³/mol. The third-order valence-electron chi connectivity index (χ3n) is 4.46. The predicted octanol–water partition coefficient (Wildman–Crippen LogP) is 4.44. The Hall–Kier alpha value is -2.64. The number of amides is 2. The van der Waals surface area contributed by atoms with Gasteiger partial charge in [0.15, 0.2) is 11.5 Å². The van der Waals surface area contributed by atoms with E-state index >= 15 is 0 Å². The molecule has 7 nitrogen and oxygen atoms in total. The average molecular weight is 469 g/mol. The summed E-state index contributed by atoms with van der Waals surface area (Å²) < 4.78 is 16.0. The minimum Gasteiger partial charge on any atom is -0.493 e. The van der Waals surface area contributed by atoms with Crippen molar-refractivity contribution < 1.29 is 23.8 Å². The van der Waals surface area contributed by atoms with Gasteiger partial charge in [0.25, 0.3) is 0 Å². The highest BCUT2D eigenvalue weighted by molar-refractivity contribution is 6.35. The summed E-state index contributed by atoms with van der Waals surface area (Å²) in [6, 6.07) is 8.22. The van der Waals surface area contributed by atoms with Crippen molar-refractivity contribution in [2.75, 3.05) is 39.7 Å². The van der Waals surface area contributed by atoms with Gasteiger partial charge in [-0.15, -0.1) is 0 Å². The molecule has 2 aromatic rings. The summed E-state index contributed by atoms with van der Waals surface area (Å²) in [7, 11) is 4.54. The fourth-order valence-corrected chi connectivity index (χ4v) is 3.38. The third kappa shape index (κ3) is 6.67. The van der Waals surface area contributed by atoms with Gasteiger partial charge in [0.1, 0.15) is 0 Å². The van der Waals surface area contributed by atoms with Gasteiger partial charge in [-0.2, -0.15) is 0 Å². The molecule has 168 valence electrons. The van der Waals surface area contributed by atoms with Crippen molar-refractivity contribution in [3.05, 3.63) is 45.9 Å². The van der Waals surface area contributed by atoms with Crippen LogP contribution in [0.15, 0.2) is 30.3 Å². The molecule has 0 aliphatic heterocycles. The van der Waals surface area contributed by atoms with Gasteiger partial charge in [-0.05, 0) is 42.3 Å². The molecule has 1 N–H and O–H groups in total. The summed E-state index contributed by atoms with van der Waals surface area (Å²) in [6.07, 6.45) is 0.772. The van der Waals surface area contributed by atoms with E-state index < -0.39 is 0 Å². The highest BCUT2D eigenvalue weighted by Crippen LogP contribution is 2.38. The first kappa shape index (κ1) is 24.6. The third-order valence-corrected chi connectivity index (χ3v) is 5.03. The first-order valence-corrected chi connectivity index (χ1v) is 10.4. The molecule has 2 amide bonds. The lowest BCUT2D eigenvalue weighted by molar-refractivity contribution is -0.134. The van der Waals surface area contributed by atoms with Gasteiger partial charge < -0.3 is 24.4 Å². The van der Waals surface area contributed by atoms with E-state index in [1.807, 2.05) is 6.92 Å². The normalized spacial score (nSPS) is 10.4. The van der Waals surface area contributed by atoms with Crippen molar-refractivity contribution in [2.24, 2.45) is 0 Å². The topological polar surface area (TPSA) is 77.1 Å². The highest BCUT2D eigenvalue weighted by atomic mass is 35.5. The van der Waals surface area contributed by atoms with E-state index in [0.29, 0.717) is 51.5 Å². The van der Waals surface area contributed by atoms with E-state index in [0.717, 1.165) is 0 Å². The van der Waals surface area contributed by atoms with Crippen molar-refractivity contribution in [2.45, 2.75) is 19.8 Å². The second-order valence-electron chi connectivity index (χ2n) is 6.70. The van der Waals surface area contributed by atoms with E-state index in [-0.39, 0.29) is 24.8 Å². The van der Waals surface area contributed by atoms with Crippen LogP contribution in [0.5, 0.6) is 17.2 Å². The van der Waals surface area contributed by atoms with Crippen LogP contribution >= 0.6 is 23.2 Å². The van der Waals surface area contributed by atoms with Gasteiger partial charge in [0, 0.05) is 11.6 Å². The number of methoxy groups -OCH3 is 3. The van der Waals surface area contributed by atoms with Gasteiger partial charge in [-0.1, -0.05) is 30.1 Å². The lowest BCUT2D eigenvalue weighted by Crippen LogP contribution is -2.39. The number of rotatable bonds is 10. The Morgan fingerprint density at radius 1 is 1.00 bits per heavy atom. The van der Waals surface area contributed by atoms with Gasteiger partial charge in [0.2, 0.25) is 17.6 Å². The Bertz CT molecular complexity index is 911. The lowest BCUT2D eigenvalue weighted by Gasteiger charge is -2.22. The zero-order chi connectivity index (χ0) is 23.0. The van der Waals surface area contributed by atoms with Crippen LogP contribution in [0.25, 0.3) is 0 Å². The SMILES string of the molecule is CCCN(CC(=O)Nc1cc(Cl)ccc1Cl)C(=O)Cc1cc(OC)c(OC)c(OC)c1. The molecule has 0 aliphatic carbocycles. The largest absolute Gasteiger partial charge is 0.493 e. The van der Waals surface area contributed by atoms with Crippen LogP contribution in [0.2, 0.25) is 10.0 Å². The van der Waals surface area contributed by atoms with Crippen LogP contribution in [-0.4, -0.2) is 51.1 Å². The van der Waals surface area contributed by atoms with Gasteiger partial charge in [-0.25, -0.2) is 0 Å². The number of nitrogens with zero attached hydrogens (tertiary/aromatic N) is 1. The first-order chi connectivity index (χ1) is 14.8. The standard InChI is InChI=1S/C22H26Cl2N2O5/c1-5-8-26(13-20(27)25-17-12-15(23)6-7-16(17)24)21(28)11-14-9-18(29-2)22(31-4)19(10-14)30-3/h6-7,9-10,12H,5,8,11,13H2,1-4H3,(H,25,27). The quantitative estimate of drug-likeness (QED) is 0.557. The van der Waals surface area contributed by atoms with E-state index in [1.165, 1.54) is 26.2 Å². The molecule has 0 aromatic heterocycles. The van der Waals surface area contributed by atoms with Crippen LogP contribution in [-0.2, 0) is 16.0 Å². The van der Waals surface area contributed by atoms with E-state index in [1.54, 1.807) is 30.3 Å². The number of hydrogen-bond acceptors (Lipinski definition) is 5. The fraction of sp³-hybridized carbons (Fsp3) is 0.364. The molecule has 0 atom stereocenters. The van der Waals surface area contributed by atoms with Gasteiger partial charge in [0.05, 0.1) is 45.0 Å². The molecular formula is C22H26Cl2N2O5. The van der Waals surface area contributed by atoms with Crippen LogP contribution in [0.3, 0.4) is 0 Å². The minimum atomic E-state index is -0.365. The second kappa shape index (κ2) is 11.7. The van der Waals surface area contributed by atoms with Crippen LogP contribution in [0, 0.1) is 0 Å². The molecule has 0 saturated heterocycles. The number of benzene rings is 2. The Kier molecular flexibility index (Phi) is 9.27. The van der Waals surface area contributed by atoms with E-state index in [4.69, 9.17) is 37.4 Å². The van der Waals surface area contributed by atoms with Crippen molar-refractivity contribution >= 4 is 40.7 Å². The molecule has 9 heteroatoms. The molecule has 31 heavy (non-hydrogen) atoms. The summed E-state index contributed by atoms with van der Waals surface area (Å²) in [4.78, 5) is 27.0. The van der Waals surface area contributed by atoms with Crippen LogP contribution < -0.4 is 19.5 Å². The smallest absolute Gasteiger partial charge is 0.244 e. The minimum absolute atomic E-state index is 0.0713. The molecule has 0 aliphatic rings. The Morgan fingerprint density at radius 3 is 2.19 bits per heavy atom. The molecule has 0 fully saturated rings. The molecule has 0 spiro atoms. The second-order valence-corrected chi connectivity index (χ2v) is 7.54. The zero-order valence-corrected chi connectivity index (χ0v) is 19.5. The number of ether oxygens (including phenoxy) is 3. The Morgan fingerprint density at radius 2 is 1.65 bits per heavy atom. The van der Waals surface area contributed by atoms with Gasteiger partial charge in [-0.3, -0.25) is 9.59 Å². The van der Waals surface area contributed by atoms with E-state index in [2.05, 4.69) is 5.32 Å². The van der Waals surface area contributed by atoms with Crippen LogP contribution in [0.1, 0.15) is 18.9 Å². The molecule has 2 rings (SSSR count). The number of anilines is 1. The molecule has 2 aromatic carbocycles. The van der Waals surface area contributed by atoms with Gasteiger partial charge >= 0.3 is 0 Å². The molecule has 0 bridgehead atoms. The van der Waals surface area contributed by atoms with Crippen molar-refractivity contribution in [1.82, 2.24) is 4.90 Å². The number of halogens is 2. The Balaban J connectivity index is 2.15. The fourth-order valence-electron chi connectivity index (χ4n) is 3.04. The molecule has 0 radical (unpaired) electrons. The summed E-state index contributed by atoms with van der Waals surface area (Å²) in [6.45, 7) is 2.26. The number of carbonyl (C=O) groups excluding carboxylic acids is 2. The van der Waals surface area contributed by atoms with Crippen molar-refractivity contribution in [1.29, 1.82) is 0 Å². The van der Waals surface area contributed by atoms with Crippen molar-refractivity contribution in [3.63, 3.8) is 0 Å². The molecular weight excluding hydrogens is 443 g/mol. The molecule has 0 heterocycles. The summed E-state index contributed by atoms with van der Waals surface area (Å²) >= 11 is 12.1. The summed E-state index contributed by atoms with van der Waals surface area (Å²) in [5.74, 6) is 0.795. The number of carbonyl (C=O) groups is 2. The maximum atomic E-state index is 13.0. The zero-order valence-electron chi connectivity index (χ0n) is 18.0. The summed E-state index contributed by atoms with van der Waals surface area (Å²) in [5.41, 5.74) is 1.08. The first-order valence-electron chi connectivity index (χ1n) is 9.64. The maximum Gasteiger partial charge on any atom is 0.244 e. The number of hydrogen-bond donors (Lipinski definition) is 1. The van der Waals surface area contributed by atoms with E-state index in [9.17, 15) is 9.59 Å². The number of nitrogens with one attached hydrogen (secondary N) is 1. The Labute approximate surface area is 192 Å². The van der Waals surface area contributed by atoms with Crippen molar-refractivity contribution in [3.8, 4) is 17.2 Å². The monoisotopic (exact) mass is 468 g/mol. The molecule has 0 saturated carbocycles.